The van der Waals surface area contributed by atoms with E-state index in [1.54, 1.807) is 0 Å². The Morgan fingerprint density at radius 3 is 2.40 bits per heavy atom. The molecule has 0 aromatic heterocycles. The van der Waals surface area contributed by atoms with E-state index >= 15 is 0 Å². The van der Waals surface area contributed by atoms with E-state index in [4.69, 9.17) is 0 Å². The van der Waals surface area contributed by atoms with E-state index in [0.29, 0.717) is 15.0 Å². The Balaban J connectivity index is 1.70. The predicted octanol–water partition coefficient (Wildman–Crippen LogP) is 4.30. The fourth-order valence-electron chi connectivity index (χ4n) is 2.21. The zero-order chi connectivity index (χ0) is 13.6. The molecule has 0 N–H and O–H groups in total. The molecule has 0 unspecified atom stereocenters. The Morgan fingerprint density at radius 1 is 0.750 bits per heavy atom. The van der Waals surface area contributed by atoms with Gasteiger partial charge >= 0.3 is 126 Å². The van der Waals surface area contributed by atoms with Gasteiger partial charge in [0.25, 0.3) is 0 Å². The van der Waals surface area contributed by atoms with Crippen LogP contribution < -0.4 is 4.46 Å². The average Bonchev–Trinajstić information content (AvgIpc) is 2.53. The normalized spacial score (nSPS) is 11.2. The Hall–Kier alpha value is -1.82. The van der Waals surface area contributed by atoms with Crippen LogP contribution in [0.2, 0.25) is 5.32 Å². The van der Waals surface area contributed by atoms with Gasteiger partial charge in [0.2, 0.25) is 0 Å². The van der Waals surface area contributed by atoms with Crippen LogP contribution in [0, 0.1) is 0 Å². The summed E-state index contributed by atoms with van der Waals surface area (Å²) in [6.45, 7) is 0. The molecule has 0 aliphatic rings. The molecule has 3 aromatic carbocycles. The molecule has 0 fully saturated rings. The second-order valence-electron chi connectivity index (χ2n) is 4.60. The molecule has 3 aromatic rings. The third-order valence-corrected chi connectivity index (χ3v) is 5.35. The summed E-state index contributed by atoms with van der Waals surface area (Å²) in [5, 5.41) is 3.89. The summed E-state index contributed by atoms with van der Waals surface area (Å²) in [4.78, 5) is 0. The quantitative estimate of drug-likeness (QED) is 0.628. The van der Waals surface area contributed by atoms with Gasteiger partial charge in [0, 0.05) is 0 Å². The molecule has 0 atom stereocenters. The van der Waals surface area contributed by atoms with E-state index in [1.165, 1.54) is 20.8 Å². The van der Waals surface area contributed by atoms with Crippen LogP contribution in [0.5, 0.6) is 0 Å². The molecule has 0 nitrogen and oxygen atoms in total. The van der Waals surface area contributed by atoms with Gasteiger partial charge in [0.1, 0.15) is 0 Å². The molecule has 0 saturated carbocycles. The van der Waals surface area contributed by atoms with Gasteiger partial charge in [-0.3, -0.25) is 0 Å². The van der Waals surface area contributed by atoms with E-state index < -0.39 is 0 Å². The van der Waals surface area contributed by atoms with Crippen molar-refractivity contribution in [2.24, 2.45) is 0 Å². The maximum absolute atomic E-state index is 2.29. The molecule has 0 saturated heterocycles. The summed E-state index contributed by atoms with van der Waals surface area (Å²) < 4.78 is 1.49. The summed E-state index contributed by atoms with van der Waals surface area (Å²) in [7, 11) is 0. The summed E-state index contributed by atoms with van der Waals surface area (Å²) in [6.07, 6.45) is 4.50. The van der Waals surface area contributed by atoms with Crippen molar-refractivity contribution in [2.75, 3.05) is 0 Å². The fourth-order valence-corrected chi connectivity index (χ4v) is 4.07. The van der Waals surface area contributed by atoms with E-state index in [1.807, 2.05) is 0 Å². The minimum atomic E-state index is 0.492. The number of benzene rings is 3. The van der Waals surface area contributed by atoms with Crippen LogP contribution >= 0.6 is 0 Å². The van der Waals surface area contributed by atoms with Crippen molar-refractivity contribution >= 4 is 36.3 Å². The Bertz CT molecular complexity index is 709. The van der Waals surface area contributed by atoms with Crippen molar-refractivity contribution in [1.29, 1.82) is 0 Å². The summed E-state index contributed by atoms with van der Waals surface area (Å²) >= 11 is 0.492. The Labute approximate surface area is 126 Å². The van der Waals surface area contributed by atoms with Crippen LogP contribution in [0.25, 0.3) is 16.8 Å². The first-order chi connectivity index (χ1) is 9.93. The molecule has 0 heterocycles. The molecular weight excluding hydrogens is 307 g/mol. The number of rotatable bonds is 4. The zero-order valence-electron chi connectivity index (χ0n) is 11.2. The molecule has 0 aliphatic carbocycles. The molecule has 98 valence electrons. The summed E-state index contributed by atoms with van der Waals surface area (Å²) in [5.41, 5.74) is 1.28. The molecule has 20 heavy (non-hydrogen) atoms. The molecule has 0 radical (unpaired) electrons. The van der Waals surface area contributed by atoms with Crippen LogP contribution in [0.15, 0.2) is 78.9 Å². The van der Waals surface area contributed by atoms with E-state index in [9.17, 15) is 0 Å². The molecule has 0 amide bonds. The standard InChI is InChI=1S/C19H16Se/c1-2-8-16(9-3-1)10-7-15-20-19-14-6-12-17-11-4-5-13-18(17)19/h1-14H,15H2/b10-7+. The van der Waals surface area contributed by atoms with E-state index in [2.05, 4.69) is 84.9 Å². The third kappa shape index (κ3) is 3.19. The van der Waals surface area contributed by atoms with Gasteiger partial charge in [-0.15, -0.1) is 0 Å². The number of fused-ring (bicyclic) bond motifs is 1. The van der Waals surface area contributed by atoms with Gasteiger partial charge in [-0.05, 0) is 0 Å². The Morgan fingerprint density at radius 2 is 1.50 bits per heavy atom. The number of hydrogen-bond acceptors (Lipinski definition) is 0. The van der Waals surface area contributed by atoms with Crippen LogP contribution in [0.3, 0.4) is 0 Å². The van der Waals surface area contributed by atoms with Crippen molar-refractivity contribution in [3.8, 4) is 0 Å². The molecular formula is C19H16Se. The van der Waals surface area contributed by atoms with Gasteiger partial charge in [-0.25, -0.2) is 0 Å². The fraction of sp³-hybridized carbons (Fsp3) is 0.0526. The number of allylic oxidation sites excluding steroid dienone is 1. The monoisotopic (exact) mass is 324 g/mol. The van der Waals surface area contributed by atoms with Gasteiger partial charge in [0.15, 0.2) is 0 Å². The average molecular weight is 323 g/mol. The van der Waals surface area contributed by atoms with Crippen molar-refractivity contribution in [1.82, 2.24) is 0 Å². The van der Waals surface area contributed by atoms with Crippen LogP contribution in [0.4, 0.5) is 0 Å². The topological polar surface area (TPSA) is 0 Å². The Kier molecular flexibility index (Phi) is 4.32. The SMILES string of the molecule is C(=C\c1ccccc1)/C[Se]c1cccc2ccccc12. The van der Waals surface area contributed by atoms with E-state index in [-0.39, 0.29) is 0 Å². The number of hydrogen-bond donors (Lipinski definition) is 0. The first-order valence-electron chi connectivity index (χ1n) is 6.76. The zero-order valence-corrected chi connectivity index (χ0v) is 12.9. The van der Waals surface area contributed by atoms with Crippen molar-refractivity contribution in [3.05, 3.63) is 84.4 Å². The molecule has 0 aliphatic heterocycles. The summed E-state index contributed by atoms with van der Waals surface area (Å²) in [6, 6.07) is 25.8. The van der Waals surface area contributed by atoms with E-state index in [0.717, 1.165) is 5.32 Å². The maximum atomic E-state index is 2.29. The second kappa shape index (κ2) is 6.56. The first kappa shape index (κ1) is 13.2. The predicted molar refractivity (Wildman–Crippen MR) is 89.6 cm³/mol. The molecule has 3 rings (SSSR count). The minimum absolute atomic E-state index is 0.492. The first-order valence-corrected chi connectivity index (χ1v) is 8.82. The van der Waals surface area contributed by atoms with Gasteiger partial charge in [-0.2, -0.15) is 0 Å². The van der Waals surface area contributed by atoms with Crippen molar-refractivity contribution in [3.63, 3.8) is 0 Å². The van der Waals surface area contributed by atoms with Crippen molar-refractivity contribution in [2.45, 2.75) is 5.32 Å². The van der Waals surface area contributed by atoms with Crippen LogP contribution in [-0.4, -0.2) is 15.0 Å². The van der Waals surface area contributed by atoms with Gasteiger partial charge in [0.05, 0.1) is 0 Å². The third-order valence-electron chi connectivity index (χ3n) is 3.19. The molecule has 1 heteroatoms. The van der Waals surface area contributed by atoms with Crippen LogP contribution in [-0.2, 0) is 0 Å². The second-order valence-corrected chi connectivity index (χ2v) is 6.83. The van der Waals surface area contributed by atoms with Gasteiger partial charge < -0.3 is 0 Å². The molecule has 0 bridgehead atoms. The van der Waals surface area contributed by atoms with Gasteiger partial charge in [-0.1, -0.05) is 0 Å². The van der Waals surface area contributed by atoms with Crippen molar-refractivity contribution < 1.29 is 0 Å². The van der Waals surface area contributed by atoms with Crippen LogP contribution in [0.1, 0.15) is 5.56 Å². The molecule has 0 spiro atoms. The summed E-state index contributed by atoms with van der Waals surface area (Å²) in [5.74, 6) is 0.